The maximum Gasteiger partial charge on any atom is 0.239 e. The Balaban J connectivity index is 0.00000144. The second kappa shape index (κ2) is 10.1. The van der Waals surface area contributed by atoms with Crippen molar-refractivity contribution in [1.29, 1.82) is 0 Å². The smallest absolute Gasteiger partial charge is 0.239 e. The van der Waals surface area contributed by atoms with Gasteiger partial charge in [0.25, 0.3) is 0 Å². The number of rotatable bonds is 4. The molecule has 136 valence electrons. The maximum absolute atomic E-state index is 12.5. The number of nitrogens with one attached hydrogen (secondary N) is 1. The largest absolute Gasteiger partial charge is 0.378 e. The highest BCUT2D eigenvalue weighted by atomic mass is 35.5. The maximum atomic E-state index is 12.5. The molecule has 1 N–H and O–H groups in total. The Morgan fingerprint density at radius 2 is 2.00 bits per heavy atom. The average molecular weight is 376 g/mol. The van der Waals surface area contributed by atoms with Gasteiger partial charge in [0, 0.05) is 32.4 Å². The number of benzene rings is 1. The fraction of sp³-hybridized carbons (Fsp3) is 0.588. The monoisotopic (exact) mass is 375 g/mol. The Morgan fingerprint density at radius 3 is 2.67 bits per heavy atom. The first-order chi connectivity index (χ1) is 10.8. The molecule has 3 rings (SSSR count). The number of halogens is 2. The van der Waals surface area contributed by atoms with Crippen molar-refractivity contribution in [2.75, 3.05) is 44.8 Å². The number of ether oxygens (including phenoxy) is 1. The molecule has 2 saturated heterocycles. The van der Waals surface area contributed by atoms with E-state index in [1.165, 1.54) is 11.3 Å². The summed E-state index contributed by atoms with van der Waals surface area (Å²) in [5.74, 6) is 0.203. The molecule has 0 unspecified atom stereocenters. The molecule has 2 aliphatic rings. The normalized spacial score (nSPS) is 20.0. The van der Waals surface area contributed by atoms with E-state index in [1.54, 1.807) is 0 Å². The summed E-state index contributed by atoms with van der Waals surface area (Å²) < 4.78 is 5.43. The highest BCUT2D eigenvalue weighted by molar-refractivity contribution is 5.85. The van der Waals surface area contributed by atoms with E-state index in [1.807, 2.05) is 18.0 Å². The third-order valence-corrected chi connectivity index (χ3v) is 4.49. The minimum absolute atomic E-state index is 0. The number of hydrogen-bond acceptors (Lipinski definition) is 4. The van der Waals surface area contributed by atoms with Gasteiger partial charge >= 0.3 is 0 Å². The van der Waals surface area contributed by atoms with Gasteiger partial charge in [-0.1, -0.05) is 18.2 Å². The first-order valence-corrected chi connectivity index (χ1v) is 8.14. The van der Waals surface area contributed by atoms with Crippen LogP contribution in [0.2, 0.25) is 0 Å². The lowest BCUT2D eigenvalue weighted by Crippen LogP contribution is -2.42. The number of para-hydroxylation sites is 1. The molecule has 2 heterocycles. The number of amides is 1. The number of morpholine rings is 1. The Labute approximate surface area is 156 Å². The first-order valence-electron chi connectivity index (χ1n) is 8.14. The standard InChI is InChI=1S/C17H25N3O2.2ClH/c1-19(17(21)15-6-4-8-18-15)13-14-5-2-3-7-16(14)20-9-11-22-12-10-20;;/h2-3,5,7,15,18H,4,6,8-13H2,1H3;2*1H/t15-;;/m0../s1. The molecule has 0 saturated carbocycles. The summed E-state index contributed by atoms with van der Waals surface area (Å²) in [6.07, 6.45) is 2.04. The van der Waals surface area contributed by atoms with Crippen LogP contribution in [0.25, 0.3) is 0 Å². The van der Waals surface area contributed by atoms with Gasteiger partial charge in [-0.15, -0.1) is 24.8 Å². The van der Waals surface area contributed by atoms with E-state index in [2.05, 4.69) is 28.4 Å². The van der Waals surface area contributed by atoms with Crippen molar-refractivity contribution in [3.8, 4) is 0 Å². The van der Waals surface area contributed by atoms with Gasteiger partial charge in [-0.2, -0.15) is 0 Å². The minimum atomic E-state index is 0. The van der Waals surface area contributed by atoms with Crippen LogP contribution in [0.5, 0.6) is 0 Å². The molecular formula is C17H27Cl2N3O2. The molecular weight excluding hydrogens is 349 g/mol. The lowest BCUT2D eigenvalue weighted by Gasteiger charge is -2.31. The quantitative estimate of drug-likeness (QED) is 0.874. The molecule has 2 fully saturated rings. The Kier molecular flexibility index (Phi) is 8.84. The fourth-order valence-electron chi connectivity index (χ4n) is 3.25. The molecule has 2 aliphatic heterocycles. The van der Waals surface area contributed by atoms with E-state index in [0.717, 1.165) is 45.7 Å². The second-order valence-corrected chi connectivity index (χ2v) is 6.07. The predicted octanol–water partition coefficient (Wildman–Crippen LogP) is 2.08. The van der Waals surface area contributed by atoms with Crippen molar-refractivity contribution >= 4 is 36.4 Å². The number of hydrogen-bond donors (Lipinski definition) is 1. The van der Waals surface area contributed by atoms with Crippen molar-refractivity contribution in [3.05, 3.63) is 29.8 Å². The molecule has 0 spiro atoms. The lowest BCUT2D eigenvalue weighted by atomic mass is 10.1. The summed E-state index contributed by atoms with van der Waals surface area (Å²) in [5.41, 5.74) is 2.43. The zero-order valence-electron chi connectivity index (χ0n) is 14.1. The molecule has 0 radical (unpaired) electrons. The van der Waals surface area contributed by atoms with Crippen LogP contribution < -0.4 is 10.2 Å². The van der Waals surface area contributed by atoms with Gasteiger partial charge in [0.2, 0.25) is 5.91 Å². The third kappa shape index (κ3) is 4.99. The topological polar surface area (TPSA) is 44.8 Å². The Hall–Kier alpha value is -1.01. The second-order valence-electron chi connectivity index (χ2n) is 6.07. The van der Waals surface area contributed by atoms with Gasteiger partial charge in [-0.25, -0.2) is 0 Å². The van der Waals surface area contributed by atoms with Crippen molar-refractivity contribution in [2.45, 2.75) is 25.4 Å². The molecule has 7 heteroatoms. The average Bonchev–Trinajstić information content (AvgIpc) is 3.10. The third-order valence-electron chi connectivity index (χ3n) is 4.49. The van der Waals surface area contributed by atoms with Gasteiger partial charge in [0.1, 0.15) is 0 Å². The van der Waals surface area contributed by atoms with E-state index < -0.39 is 0 Å². The van der Waals surface area contributed by atoms with E-state index in [0.29, 0.717) is 6.54 Å². The molecule has 0 aliphatic carbocycles. The van der Waals surface area contributed by atoms with Crippen LogP contribution >= 0.6 is 24.8 Å². The van der Waals surface area contributed by atoms with Gasteiger partial charge in [0.15, 0.2) is 0 Å². The van der Waals surface area contributed by atoms with Crippen LogP contribution in [0, 0.1) is 0 Å². The van der Waals surface area contributed by atoms with Crippen LogP contribution in [0.1, 0.15) is 18.4 Å². The van der Waals surface area contributed by atoms with Gasteiger partial charge < -0.3 is 19.9 Å². The number of anilines is 1. The highest BCUT2D eigenvalue weighted by Crippen LogP contribution is 2.23. The van der Waals surface area contributed by atoms with E-state index in [4.69, 9.17) is 4.74 Å². The molecule has 1 atom stereocenters. The SMILES string of the molecule is CN(Cc1ccccc1N1CCOCC1)C(=O)[C@@H]1CCCN1.Cl.Cl. The number of carbonyl (C=O) groups is 1. The van der Waals surface area contributed by atoms with Crippen molar-refractivity contribution in [3.63, 3.8) is 0 Å². The van der Waals surface area contributed by atoms with E-state index in [9.17, 15) is 4.79 Å². The van der Waals surface area contributed by atoms with Gasteiger partial charge in [-0.05, 0) is 31.0 Å². The summed E-state index contributed by atoms with van der Waals surface area (Å²) in [6, 6.07) is 8.38. The van der Waals surface area contributed by atoms with Crippen molar-refractivity contribution in [1.82, 2.24) is 10.2 Å². The summed E-state index contributed by atoms with van der Waals surface area (Å²) in [7, 11) is 1.90. The molecule has 1 aromatic rings. The predicted molar refractivity (Wildman–Crippen MR) is 101 cm³/mol. The molecule has 0 aromatic heterocycles. The van der Waals surface area contributed by atoms with E-state index in [-0.39, 0.29) is 36.8 Å². The van der Waals surface area contributed by atoms with Gasteiger partial charge in [-0.3, -0.25) is 4.79 Å². The summed E-state index contributed by atoms with van der Waals surface area (Å²) in [5, 5.41) is 3.28. The van der Waals surface area contributed by atoms with Gasteiger partial charge in [0.05, 0.1) is 19.3 Å². The number of nitrogens with zero attached hydrogens (tertiary/aromatic N) is 2. The summed E-state index contributed by atoms with van der Waals surface area (Å²) >= 11 is 0. The van der Waals surface area contributed by atoms with E-state index >= 15 is 0 Å². The molecule has 1 aromatic carbocycles. The van der Waals surface area contributed by atoms with Crippen LogP contribution in [-0.2, 0) is 16.1 Å². The number of likely N-dealkylation sites (N-methyl/N-ethyl adjacent to an activating group) is 1. The van der Waals surface area contributed by atoms with Crippen LogP contribution in [0.4, 0.5) is 5.69 Å². The summed E-state index contributed by atoms with van der Waals surface area (Å²) in [6.45, 7) is 4.99. The fourth-order valence-corrected chi connectivity index (χ4v) is 3.25. The molecule has 1 amide bonds. The molecule has 0 bridgehead atoms. The lowest BCUT2D eigenvalue weighted by molar-refractivity contribution is -0.132. The van der Waals surface area contributed by atoms with Crippen LogP contribution in [0.3, 0.4) is 0 Å². The highest BCUT2D eigenvalue weighted by Gasteiger charge is 2.25. The minimum Gasteiger partial charge on any atom is -0.378 e. The van der Waals surface area contributed by atoms with Crippen molar-refractivity contribution in [2.24, 2.45) is 0 Å². The molecule has 24 heavy (non-hydrogen) atoms. The van der Waals surface area contributed by atoms with Crippen molar-refractivity contribution < 1.29 is 9.53 Å². The number of carbonyl (C=O) groups excluding carboxylic acids is 1. The molecule has 5 nitrogen and oxygen atoms in total. The zero-order valence-corrected chi connectivity index (χ0v) is 15.7. The Morgan fingerprint density at radius 1 is 1.29 bits per heavy atom. The summed E-state index contributed by atoms with van der Waals surface area (Å²) in [4.78, 5) is 16.7. The zero-order chi connectivity index (χ0) is 15.4. The Bertz CT molecular complexity index is 518. The van der Waals surface area contributed by atoms with Crippen LogP contribution in [0.15, 0.2) is 24.3 Å². The first kappa shape index (κ1) is 21.0. The van der Waals surface area contributed by atoms with Crippen LogP contribution in [-0.4, -0.2) is 56.7 Å².